The van der Waals surface area contributed by atoms with Crippen LogP contribution in [0.2, 0.25) is 0 Å². The van der Waals surface area contributed by atoms with Gasteiger partial charge >= 0.3 is 0 Å². The molecule has 0 spiro atoms. The molecule has 0 atom stereocenters. The van der Waals surface area contributed by atoms with E-state index in [-0.39, 0.29) is 12.3 Å². The molecule has 1 N–H and O–H groups in total. The standard InChI is InChI=1S/C9H9BrNO3/c1-6(5-12)7-3-2-4-8(9(7)10)11(13)14/h2-4,12H,5H2,1H3. The molecule has 5 heteroatoms. The Hall–Kier alpha value is -0.940. The summed E-state index contributed by atoms with van der Waals surface area (Å²) in [6, 6.07) is 4.73. The zero-order valence-electron chi connectivity index (χ0n) is 7.53. The van der Waals surface area contributed by atoms with Crippen LogP contribution in [0, 0.1) is 16.0 Å². The van der Waals surface area contributed by atoms with Crippen LogP contribution in [0.3, 0.4) is 0 Å². The minimum Gasteiger partial charge on any atom is -0.395 e. The maximum atomic E-state index is 10.6. The van der Waals surface area contributed by atoms with E-state index in [0.29, 0.717) is 16.0 Å². The van der Waals surface area contributed by atoms with Gasteiger partial charge in [-0.05, 0) is 21.5 Å². The van der Waals surface area contributed by atoms with E-state index >= 15 is 0 Å². The minimum atomic E-state index is -0.460. The van der Waals surface area contributed by atoms with Crippen LogP contribution < -0.4 is 0 Å². The molecule has 75 valence electrons. The van der Waals surface area contributed by atoms with Gasteiger partial charge in [-0.15, -0.1) is 0 Å². The van der Waals surface area contributed by atoms with Crippen LogP contribution in [0.15, 0.2) is 22.7 Å². The van der Waals surface area contributed by atoms with Crippen LogP contribution in [-0.4, -0.2) is 16.6 Å². The summed E-state index contributed by atoms with van der Waals surface area (Å²) < 4.78 is 0.413. The molecule has 0 aromatic heterocycles. The molecule has 0 aliphatic heterocycles. The highest BCUT2D eigenvalue weighted by Crippen LogP contribution is 2.32. The average molecular weight is 259 g/mol. The van der Waals surface area contributed by atoms with Crippen molar-refractivity contribution < 1.29 is 10.0 Å². The number of nitro groups is 1. The molecule has 1 aromatic rings. The predicted molar refractivity (Wildman–Crippen MR) is 55.9 cm³/mol. The van der Waals surface area contributed by atoms with Gasteiger partial charge in [-0.3, -0.25) is 10.1 Å². The molecular weight excluding hydrogens is 250 g/mol. The fourth-order valence-electron chi connectivity index (χ4n) is 1.08. The van der Waals surface area contributed by atoms with Crippen molar-refractivity contribution in [2.75, 3.05) is 6.61 Å². The van der Waals surface area contributed by atoms with Gasteiger partial charge in [0.2, 0.25) is 0 Å². The van der Waals surface area contributed by atoms with E-state index in [4.69, 9.17) is 5.11 Å². The molecule has 14 heavy (non-hydrogen) atoms. The molecule has 0 heterocycles. The number of hydrogen-bond donors (Lipinski definition) is 1. The molecule has 0 saturated heterocycles. The molecule has 1 rings (SSSR count). The van der Waals surface area contributed by atoms with Crippen molar-refractivity contribution in [3.8, 4) is 0 Å². The summed E-state index contributed by atoms with van der Waals surface area (Å²) in [5.74, 6) is 0.695. The predicted octanol–water partition coefficient (Wildman–Crippen LogP) is 2.29. The third-order valence-corrected chi connectivity index (χ3v) is 2.71. The Kier molecular flexibility index (Phi) is 3.60. The van der Waals surface area contributed by atoms with Crippen LogP contribution >= 0.6 is 15.9 Å². The van der Waals surface area contributed by atoms with Crippen LogP contribution in [-0.2, 0) is 0 Å². The average Bonchev–Trinajstić information content (AvgIpc) is 2.16. The minimum absolute atomic E-state index is 0.00954. The van der Waals surface area contributed by atoms with E-state index < -0.39 is 4.92 Å². The first kappa shape index (κ1) is 11.1. The molecule has 0 aliphatic carbocycles. The lowest BCUT2D eigenvalue weighted by Crippen LogP contribution is -2.02. The third kappa shape index (κ3) is 2.10. The second kappa shape index (κ2) is 4.52. The number of nitro benzene ring substituents is 1. The molecule has 0 aliphatic rings. The number of benzene rings is 1. The van der Waals surface area contributed by atoms with E-state index in [1.165, 1.54) is 6.07 Å². The first-order valence-corrected chi connectivity index (χ1v) is 4.73. The van der Waals surface area contributed by atoms with Gasteiger partial charge in [-0.1, -0.05) is 19.1 Å². The summed E-state index contributed by atoms with van der Waals surface area (Å²) in [6.45, 7) is 1.61. The maximum absolute atomic E-state index is 10.6. The van der Waals surface area contributed by atoms with E-state index in [2.05, 4.69) is 15.9 Å². The highest BCUT2D eigenvalue weighted by Gasteiger charge is 2.18. The van der Waals surface area contributed by atoms with E-state index in [1.54, 1.807) is 19.1 Å². The van der Waals surface area contributed by atoms with Crippen LogP contribution in [0.5, 0.6) is 0 Å². The van der Waals surface area contributed by atoms with E-state index in [0.717, 1.165) is 0 Å². The molecular formula is C9H9BrNO3. The number of aliphatic hydroxyl groups is 1. The first-order valence-electron chi connectivity index (χ1n) is 3.94. The highest BCUT2D eigenvalue weighted by atomic mass is 79.9. The van der Waals surface area contributed by atoms with Crippen molar-refractivity contribution in [3.05, 3.63) is 44.3 Å². The Bertz CT molecular complexity index is 354. The Morgan fingerprint density at radius 3 is 2.79 bits per heavy atom. The fraction of sp³-hybridized carbons (Fsp3) is 0.222. The largest absolute Gasteiger partial charge is 0.395 e. The number of hydrogen-bond acceptors (Lipinski definition) is 3. The van der Waals surface area contributed by atoms with Crippen molar-refractivity contribution in [1.29, 1.82) is 0 Å². The van der Waals surface area contributed by atoms with Gasteiger partial charge in [0, 0.05) is 12.0 Å². The molecule has 1 radical (unpaired) electrons. The van der Waals surface area contributed by atoms with E-state index in [9.17, 15) is 10.1 Å². The lowest BCUT2D eigenvalue weighted by Gasteiger charge is -2.09. The molecule has 0 unspecified atom stereocenters. The summed E-state index contributed by atoms with van der Waals surface area (Å²) in [5, 5.41) is 19.5. The molecule has 1 aromatic carbocycles. The highest BCUT2D eigenvalue weighted by molar-refractivity contribution is 9.10. The summed E-state index contributed by atoms with van der Waals surface area (Å²) in [5.41, 5.74) is 0.678. The summed E-state index contributed by atoms with van der Waals surface area (Å²) in [6.07, 6.45) is 0. The molecule has 0 fully saturated rings. The molecule has 0 bridgehead atoms. The Labute approximate surface area is 89.8 Å². The Morgan fingerprint density at radius 2 is 2.29 bits per heavy atom. The smallest absolute Gasteiger partial charge is 0.283 e. The van der Waals surface area contributed by atoms with E-state index in [1.807, 2.05) is 0 Å². The van der Waals surface area contributed by atoms with Gasteiger partial charge in [0.15, 0.2) is 0 Å². The summed E-state index contributed by atoms with van der Waals surface area (Å²) in [7, 11) is 0. The second-order valence-electron chi connectivity index (χ2n) is 2.83. The van der Waals surface area contributed by atoms with Crippen molar-refractivity contribution in [3.63, 3.8) is 0 Å². The number of halogens is 1. The van der Waals surface area contributed by atoms with Crippen molar-refractivity contribution >= 4 is 21.6 Å². The second-order valence-corrected chi connectivity index (χ2v) is 3.63. The van der Waals surface area contributed by atoms with Crippen LogP contribution in [0.4, 0.5) is 5.69 Å². The zero-order valence-corrected chi connectivity index (χ0v) is 9.11. The lowest BCUT2D eigenvalue weighted by molar-refractivity contribution is -0.385. The quantitative estimate of drug-likeness (QED) is 0.669. The third-order valence-electron chi connectivity index (χ3n) is 1.87. The van der Waals surface area contributed by atoms with Gasteiger partial charge in [-0.25, -0.2) is 0 Å². The number of aliphatic hydroxyl groups excluding tert-OH is 1. The zero-order chi connectivity index (χ0) is 10.7. The van der Waals surface area contributed by atoms with Gasteiger partial charge < -0.3 is 5.11 Å². The van der Waals surface area contributed by atoms with Gasteiger partial charge in [-0.2, -0.15) is 0 Å². The van der Waals surface area contributed by atoms with Gasteiger partial charge in [0.05, 0.1) is 16.0 Å². The van der Waals surface area contributed by atoms with Crippen molar-refractivity contribution in [2.45, 2.75) is 6.92 Å². The molecule has 0 saturated carbocycles. The monoisotopic (exact) mass is 258 g/mol. The molecule has 4 nitrogen and oxygen atoms in total. The topological polar surface area (TPSA) is 63.4 Å². The lowest BCUT2D eigenvalue weighted by atomic mass is 10.0. The Morgan fingerprint density at radius 1 is 1.64 bits per heavy atom. The number of nitrogens with zero attached hydrogens (tertiary/aromatic N) is 1. The maximum Gasteiger partial charge on any atom is 0.283 e. The van der Waals surface area contributed by atoms with Gasteiger partial charge in [0.1, 0.15) is 0 Å². The summed E-state index contributed by atoms with van der Waals surface area (Å²) in [4.78, 5) is 10.1. The SMILES string of the molecule is C[C](CO)c1cccc([N+](=O)[O-])c1Br. The van der Waals surface area contributed by atoms with Crippen molar-refractivity contribution in [2.24, 2.45) is 0 Å². The van der Waals surface area contributed by atoms with Crippen molar-refractivity contribution in [1.82, 2.24) is 0 Å². The molecule has 0 amide bonds. The van der Waals surface area contributed by atoms with Gasteiger partial charge in [0.25, 0.3) is 5.69 Å². The Balaban J connectivity index is 3.20. The first-order chi connectivity index (χ1) is 6.57. The number of rotatable bonds is 3. The fourth-order valence-corrected chi connectivity index (χ4v) is 1.82. The van der Waals surface area contributed by atoms with Crippen LogP contribution in [0.25, 0.3) is 0 Å². The summed E-state index contributed by atoms with van der Waals surface area (Å²) >= 11 is 3.15. The van der Waals surface area contributed by atoms with Crippen LogP contribution in [0.1, 0.15) is 12.5 Å². The normalized spacial score (nSPS) is 10.6.